The van der Waals surface area contributed by atoms with Crippen molar-refractivity contribution in [2.75, 3.05) is 0 Å². The molecule has 0 aliphatic heterocycles. The average Bonchev–Trinajstić information content (AvgIpc) is 2.74. The molecular formula is C21H12Br3N3O2. The Morgan fingerprint density at radius 1 is 0.966 bits per heavy atom. The van der Waals surface area contributed by atoms with Crippen molar-refractivity contribution in [3.8, 4) is 17.1 Å². The van der Waals surface area contributed by atoms with Crippen molar-refractivity contribution < 1.29 is 5.11 Å². The molecule has 8 heteroatoms. The Morgan fingerprint density at radius 3 is 2.41 bits per heavy atom. The van der Waals surface area contributed by atoms with Crippen LogP contribution in [0.2, 0.25) is 0 Å². The van der Waals surface area contributed by atoms with Crippen molar-refractivity contribution in [3.63, 3.8) is 0 Å². The van der Waals surface area contributed by atoms with Crippen LogP contribution in [0.3, 0.4) is 0 Å². The third kappa shape index (κ3) is 3.80. The zero-order valence-corrected chi connectivity index (χ0v) is 19.4. The van der Waals surface area contributed by atoms with Crippen LogP contribution >= 0.6 is 47.8 Å². The van der Waals surface area contributed by atoms with Crippen LogP contribution in [-0.4, -0.2) is 21.0 Å². The fourth-order valence-electron chi connectivity index (χ4n) is 2.83. The highest BCUT2D eigenvalue weighted by molar-refractivity contribution is 9.11. The van der Waals surface area contributed by atoms with E-state index < -0.39 is 0 Å². The van der Waals surface area contributed by atoms with E-state index in [0.29, 0.717) is 35.7 Å². The fraction of sp³-hybridized carbons (Fsp3) is 0. The molecule has 3 aromatic carbocycles. The van der Waals surface area contributed by atoms with Gasteiger partial charge in [0.05, 0.1) is 26.1 Å². The van der Waals surface area contributed by atoms with E-state index in [1.165, 1.54) is 10.9 Å². The van der Waals surface area contributed by atoms with Gasteiger partial charge in [-0.15, -0.1) is 0 Å². The Bertz CT molecular complexity index is 1320. The first-order valence-corrected chi connectivity index (χ1v) is 10.8. The summed E-state index contributed by atoms with van der Waals surface area (Å²) in [5.41, 5.74) is 1.68. The Kier molecular flexibility index (Phi) is 5.67. The molecule has 0 saturated heterocycles. The van der Waals surface area contributed by atoms with Gasteiger partial charge in [-0.3, -0.25) is 4.79 Å². The van der Waals surface area contributed by atoms with Crippen LogP contribution in [0, 0.1) is 0 Å². The van der Waals surface area contributed by atoms with Gasteiger partial charge in [0.15, 0.2) is 5.82 Å². The van der Waals surface area contributed by atoms with Gasteiger partial charge in [-0.25, -0.2) is 4.98 Å². The smallest absolute Gasteiger partial charge is 0.282 e. The second kappa shape index (κ2) is 8.22. The summed E-state index contributed by atoms with van der Waals surface area (Å²) in [6, 6.07) is 18.3. The van der Waals surface area contributed by atoms with Crippen molar-refractivity contribution >= 4 is 64.9 Å². The molecule has 29 heavy (non-hydrogen) atoms. The number of benzene rings is 3. The molecule has 0 aliphatic rings. The standard InChI is InChI=1S/C21H12Br3N3O2/c22-15-10-16(23)19(28)18(24)14(15)11-25-27-20(12-6-2-1-3-7-12)26-17-9-5-4-8-13(17)21(27)29/h1-11,28H. The highest BCUT2D eigenvalue weighted by Crippen LogP contribution is 2.38. The van der Waals surface area contributed by atoms with Crippen molar-refractivity contribution in [2.45, 2.75) is 0 Å². The van der Waals surface area contributed by atoms with Crippen LogP contribution in [0.25, 0.3) is 22.3 Å². The molecule has 144 valence electrons. The third-order valence-corrected chi connectivity index (χ3v) is 6.33. The lowest BCUT2D eigenvalue weighted by molar-refractivity contribution is 0.468. The molecule has 5 nitrogen and oxygen atoms in total. The molecule has 0 amide bonds. The summed E-state index contributed by atoms with van der Waals surface area (Å²) in [6.07, 6.45) is 1.50. The van der Waals surface area contributed by atoms with E-state index in [1.807, 2.05) is 36.4 Å². The lowest BCUT2D eigenvalue weighted by atomic mass is 10.2. The highest BCUT2D eigenvalue weighted by atomic mass is 79.9. The maximum absolute atomic E-state index is 13.2. The summed E-state index contributed by atoms with van der Waals surface area (Å²) >= 11 is 10.1. The van der Waals surface area contributed by atoms with Crippen molar-refractivity contribution in [3.05, 3.63) is 90.0 Å². The lowest BCUT2D eigenvalue weighted by Gasteiger charge is -2.10. The normalized spacial score (nSPS) is 11.4. The van der Waals surface area contributed by atoms with Crippen LogP contribution in [0.15, 0.2) is 84.0 Å². The molecule has 0 spiro atoms. The summed E-state index contributed by atoms with van der Waals surface area (Å²) < 4.78 is 2.95. The number of phenolic OH excluding ortho intramolecular Hbond substituents is 1. The Hall–Kier alpha value is -2.29. The minimum Gasteiger partial charge on any atom is -0.506 e. The fourth-order valence-corrected chi connectivity index (χ4v) is 5.16. The molecule has 0 aliphatic carbocycles. The van der Waals surface area contributed by atoms with Crippen molar-refractivity contribution in [1.29, 1.82) is 0 Å². The minimum atomic E-state index is -0.278. The minimum absolute atomic E-state index is 0.0434. The monoisotopic (exact) mass is 575 g/mol. The molecule has 1 N–H and O–H groups in total. The SMILES string of the molecule is O=c1c2ccccc2nc(-c2ccccc2)n1N=Cc1c(Br)cc(Br)c(O)c1Br. The van der Waals surface area contributed by atoms with Crippen LogP contribution in [0.5, 0.6) is 5.75 Å². The second-order valence-electron chi connectivity index (χ2n) is 6.10. The number of halogens is 3. The summed E-state index contributed by atoms with van der Waals surface area (Å²) in [7, 11) is 0. The number of phenols is 1. The molecule has 0 fully saturated rings. The number of hydrogen-bond acceptors (Lipinski definition) is 4. The Balaban J connectivity index is 1.97. The van der Waals surface area contributed by atoms with Gasteiger partial charge in [-0.05, 0) is 50.1 Å². The van der Waals surface area contributed by atoms with Gasteiger partial charge < -0.3 is 5.11 Å². The molecule has 0 bridgehead atoms. The van der Waals surface area contributed by atoms with Gasteiger partial charge in [0.1, 0.15) is 5.75 Å². The van der Waals surface area contributed by atoms with E-state index in [-0.39, 0.29) is 11.3 Å². The largest absolute Gasteiger partial charge is 0.506 e. The predicted octanol–water partition coefficient (Wildman–Crippen LogP) is 5.94. The zero-order valence-electron chi connectivity index (χ0n) is 14.7. The molecule has 0 unspecified atom stereocenters. The van der Waals surface area contributed by atoms with Gasteiger partial charge in [0, 0.05) is 15.6 Å². The first kappa shape index (κ1) is 20.0. The molecule has 4 rings (SSSR count). The maximum atomic E-state index is 13.2. The van der Waals surface area contributed by atoms with Crippen LogP contribution in [-0.2, 0) is 0 Å². The van der Waals surface area contributed by atoms with Crippen molar-refractivity contribution in [1.82, 2.24) is 9.66 Å². The number of para-hydroxylation sites is 1. The summed E-state index contributed by atoms with van der Waals surface area (Å²) in [4.78, 5) is 17.8. The topological polar surface area (TPSA) is 67.5 Å². The van der Waals surface area contributed by atoms with E-state index in [9.17, 15) is 9.90 Å². The number of fused-ring (bicyclic) bond motifs is 1. The maximum Gasteiger partial charge on any atom is 0.282 e. The summed E-state index contributed by atoms with van der Waals surface area (Å²) in [5, 5.41) is 15.1. The van der Waals surface area contributed by atoms with Gasteiger partial charge in [-0.2, -0.15) is 9.78 Å². The lowest BCUT2D eigenvalue weighted by Crippen LogP contribution is -2.20. The molecule has 0 saturated carbocycles. The highest BCUT2D eigenvalue weighted by Gasteiger charge is 2.14. The Labute approximate surface area is 191 Å². The van der Waals surface area contributed by atoms with E-state index >= 15 is 0 Å². The van der Waals surface area contributed by atoms with Crippen LogP contribution < -0.4 is 5.56 Å². The molecule has 0 atom stereocenters. The van der Waals surface area contributed by atoms with E-state index in [2.05, 4.69) is 57.9 Å². The zero-order chi connectivity index (χ0) is 20.5. The van der Waals surface area contributed by atoms with Gasteiger partial charge in [-0.1, -0.05) is 58.4 Å². The van der Waals surface area contributed by atoms with Gasteiger partial charge >= 0.3 is 0 Å². The van der Waals surface area contributed by atoms with Crippen LogP contribution in [0.1, 0.15) is 5.56 Å². The quantitative estimate of drug-likeness (QED) is 0.307. The first-order chi connectivity index (χ1) is 14.0. The van der Waals surface area contributed by atoms with E-state index in [4.69, 9.17) is 0 Å². The average molecular weight is 578 g/mol. The number of nitrogens with zero attached hydrogens (tertiary/aromatic N) is 3. The summed E-state index contributed by atoms with van der Waals surface area (Å²) in [5.74, 6) is 0.473. The summed E-state index contributed by atoms with van der Waals surface area (Å²) in [6.45, 7) is 0. The number of rotatable bonds is 3. The van der Waals surface area contributed by atoms with Crippen molar-refractivity contribution in [2.24, 2.45) is 5.10 Å². The number of aromatic nitrogens is 2. The number of hydrogen-bond donors (Lipinski definition) is 1. The van der Waals surface area contributed by atoms with Gasteiger partial charge in [0.25, 0.3) is 5.56 Å². The third-order valence-electron chi connectivity index (χ3n) is 4.27. The Morgan fingerprint density at radius 2 is 1.66 bits per heavy atom. The molecule has 4 aromatic rings. The molecule has 1 aromatic heterocycles. The van der Waals surface area contributed by atoms with Crippen LogP contribution in [0.4, 0.5) is 0 Å². The van der Waals surface area contributed by atoms with E-state index in [1.54, 1.807) is 24.3 Å². The number of aromatic hydroxyl groups is 1. The second-order valence-corrected chi connectivity index (χ2v) is 8.60. The molecule has 0 radical (unpaired) electrons. The first-order valence-electron chi connectivity index (χ1n) is 8.45. The molecule has 1 heterocycles. The predicted molar refractivity (Wildman–Crippen MR) is 126 cm³/mol. The van der Waals surface area contributed by atoms with Gasteiger partial charge in [0.2, 0.25) is 0 Å². The van der Waals surface area contributed by atoms with E-state index in [0.717, 1.165) is 5.56 Å². The molecular weight excluding hydrogens is 566 g/mol.